The zero-order valence-electron chi connectivity index (χ0n) is 13.8. The van der Waals surface area contributed by atoms with Crippen LogP contribution in [0.25, 0.3) is 0 Å². The Morgan fingerprint density at radius 2 is 2.48 bits per heavy atom. The summed E-state index contributed by atoms with van der Waals surface area (Å²) >= 11 is 1.72. The van der Waals surface area contributed by atoms with Gasteiger partial charge in [0, 0.05) is 43.6 Å². The maximum Gasteiger partial charge on any atom is 0.317 e. The lowest BCUT2D eigenvalue weighted by Gasteiger charge is -2.42. The van der Waals surface area contributed by atoms with Gasteiger partial charge in [0.25, 0.3) is 0 Å². The largest absolute Gasteiger partial charge is 0.378 e. The Morgan fingerprint density at radius 1 is 1.61 bits per heavy atom. The first-order valence-electron chi connectivity index (χ1n) is 8.32. The molecule has 1 aromatic heterocycles. The number of aryl methyl sites for hydroxylation is 1. The second kappa shape index (κ2) is 7.15. The third kappa shape index (κ3) is 4.02. The summed E-state index contributed by atoms with van der Waals surface area (Å²) < 4.78 is 11.5. The van der Waals surface area contributed by atoms with Gasteiger partial charge in [0.05, 0.1) is 24.3 Å². The first-order valence-corrected chi connectivity index (χ1v) is 9.14. The van der Waals surface area contributed by atoms with E-state index in [2.05, 4.69) is 17.2 Å². The van der Waals surface area contributed by atoms with Crippen LogP contribution < -0.4 is 5.32 Å². The second-order valence-electron chi connectivity index (χ2n) is 6.35. The Balaban J connectivity index is 1.49. The van der Waals surface area contributed by atoms with Gasteiger partial charge in [-0.25, -0.2) is 9.78 Å². The van der Waals surface area contributed by atoms with Crippen molar-refractivity contribution in [3.63, 3.8) is 0 Å². The van der Waals surface area contributed by atoms with Crippen molar-refractivity contribution in [2.45, 2.75) is 44.8 Å². The molecule has 7 heteroatoms. The molecule has 0 saturated carbocycles. The van der Waals surface area contributed by atoms with E-state index in [0.29, 0.717) is 32.8 Å². The lowest BCUT2D eigenvalue weighted by molar-refractivity contribution is -0.137. The minimum atomic E-state index is -0.305. The molecule has 0 aliphatic carbocycles. The number of hydrogen-bond acceptors (Lipinski definition) is 5. The van der Waals surface area contributed by atoms with Gasteiger partial charge in [-0.15, -0.1) is 11.3 Å². The highest BCUT2D eigenvalue weighted by Crippen LogP contribution is 2.29. The number of carbonyl (C=O) groups is 1. The van der Waals surface area contributed by atoms with Gasteiger partial charge < -0.3 is 19.7 Å². The van der Waals surface area contributed by atoms with Gasteiger partial charge in [-0.1, -0.05) is 6.92 Å². The van der Waals surface area contributed by atoms with Gasteiger partial charge in [-0.05, 0) is 13.3 Å². The van der Waals surface area contributed by atoms with Crippen molar-refractivity contribution in [3.8, 4) is 0 Å². The Kier molecular flexibility index (Phi) is 5.18. The van der Waals surface area contributed by atoms with E-state index in [1.807, 2.05) is 18.0 Å². The van der Waals surface area contributed by atoms with Gasteiger partial charge >= 0.3 is 6.03 Å². The summed E-state index contributed by atoms with van der Waals surface area (Å²) in [5, 5.41) is 4.09. The van der Waals surface area contributed by atoms with E-state index >= 15 is 0 Å². The predicted molar refractivity (Wildman–Crippen MR) is 88.9 cm³/mol. The number of ether oxygens (including phenoxy) is 2. The molecule has 2 aliphatic rings. The minimum absolute atomic E-state index is 0.0151. The quantitative estimate of drug-likeness (QED) is 0.909. The Bertz CT molecular complexity index is 542. The van der Waals surface area contributed by atoms with E-state index in [0.717, 1.165) is 24.3 Å². The van der Waals surface area contributed by atoms with Crippen molar-refractivity contribution in [2.24, 2.45) is 0 Å². The zero-order chi connectivity index (χ0) is 16.3. The molecular formula is C16H25N3O3S. The molecule has 1 N–H and O–H groups in total. The number of hydrogen-bond donors (Lipinski definition) is 1. The molecule has 128 valence electrons. The lowest BCUT2D eigenvalue weighted by atomic mass is 9.99. The SMILES string of the molecule is CCc1cnc(CCNC(=O)N2C[C@H](C)O[C@@]3(CCOC3)C2)s1. The van der Waals surface area contributed by atoms with Crippen molar-refractivity contribution in [1.82, 2.24) is 15.2 Å². The molecule has 2 fully saturated rings. The number of carbonyl (C=O) groups excluding carboxylic acids is 1. The van der Waals surface area contributed by atoms with Crippen LogP contribution in [-0.2, 0) is 22.3 Å². The summed E-state index contributed by atoms with van der Waals surface area (Å²) in [6.07, 6.45) is 4.63. The number of urea groups is 1. The number of aromatic nitrogens is 1. The van der Waals surface area contributed by atoms with Gasteiger partial charge in [-0.3, -0.25) is 0 Å². The smallest absolute Gasteiger partial charge is 0.317 e. The molecule has 23 heavy (non-hydrogen) atoms. The summed E-state index contributed by atoms with van der Waals surface area (Å²) in [5.74, 6) is 0. The van der Waals surface area contributed by atoms with Crippen molar-refractivity contribution in [3.05, 3.63) is 16.1 Å². The number of nitrogens with one attached hydrogen (secondary N) is 1. The van der Waals surface area contributed by atoms with Crippen molar-refractivity contribution >= 4 is 17.4 Å². The molecule has 2 saturated heterocycles. The van der Waals surface area contributed by atoms with E-state index in [-0.39, 0.29) is 17.7 Å². The van der Waals surface area contributed by atoms with E-state index in [1.165, 1.54) is 4.88 Å². The molecule has 3 heterocycles. The molecule has 2 atom stereocenters. The van der Waals surface area contributed by atoms with Crippen LogP contribution in [0.5, 0.6) is 0 Å². The van der Waals surface area contributed by atoms with Crippen molar-refractivity contribution in [2.75, 3.05) is 32.8 Å². The van der Waals surface area contributed by atoms with Gasteiger partial charge in [0.15, 0.2) is 0 Å². The average Bonchev–Trinajstić information content (AvgIpc) is 3.16. The summed E-state index contributed by atoms with van der Waals surface area (Å²) in [7, 11) is 0. The summed E-state index contributed by atoms with van der Waals surface area (Å²) in [4.78, 5) is 20.0. The van der Waals surface area contributed by atoms with Crippen LogP contribution in [0.1, 0.15) is 30.2 Å². The summed E-state index contributed by atoms with van der Waals surface area (Å²) in [6, 6.07) is -0.0151. The topological polar surface area (TPSA) is 63.7 Å². The van der Waals surface area contributed by atoms with E-state index in [9.17, 15) is 4.79 Å². The fourth-order valence-electron chi connectivity index (χ4n) is 3.20. The average molecular weight is 339 g/mol. The van der Waals surface area contributed by atoms with Crippen molar-refractivity contribution in [1.29, 1.82) is 0 Å². The molecule has 1 aromatic rings. The van der Waals surface area contributed by atoms with E-state index in [4.69, 9.17) is 9.47 Å². The third-order valence-corrected chi connectivity index (χ3v) is 5.53. The highest BCUT2D eigenvalue weighted by atomic mass is 32.1. The van der Waals surface area contributed by atoms with Crippen LogP contribution in [0.15, 0.2) is 6.20 Å². The van der Waals surface area contributed by atoms with E-state index < -0.39 is 0 Å². The molecule has 6 nitrogen and oxygen atoms in total. The molecule has 0 aromatic carbocycles. The van der Waals surface area contributed by atoms with Crippen LogP contribution >= 0.6 is 11.3 Å². The number of amides is 2. The fraction of sp³-hybridized carbons (Fsp3) is 0.750. The molecule has 3 rings (SSSR count). The normalized spacial score (nSPS) is 27.6. The second-order valence-corrected chi connectivity index (χ2v) is 7.55. The first kappa shape index (κ1) is 16.7. The highest BCUT2D eigenvalue weighted by molar-refractivity contribution is 7.11. The molecular weight excluding hydrogens is 314 g/mol. The van der Waals surface area contributed by atoms with Crippen LogP contribution in [0.4, 0.5) is 4.79 Å². The number of rotatable bonds is 4. The number of morpholine rings is 1. The number of nitrogens with zero attached hydrogens (tertiary/aromatic N) is 2. The minimum Gasteiger partial charge on any atom is -0.378 e. The molecule has 0 unspecified atom stereocenters. The number of thiazole rings is 1. The third-order valence-electron chi connectivity index (χ3n) is 4.33. The van der Waals surface area contributed by atoms with Gasteiger partial charge in [-0.2, -0.15) is 0 Å². The predicted octanol–water partition coefficient (Wildman–Crippen LogP) is 1.84. The Labute approximate surface area is 141 Å². The van der Waals surface area contributed by atoms with Gasteiger partial charge in [0.1, 0.15) is 5.60 Å². The molecule has 1 spiro atoms. The standard InChI is InChI=1S/C16H25N3O3S/c1-3-13-8-18-14(23-13)4-6-17-15(20)19-9-12(2)22-16(10-19)5-7-21-11-16/h8,12H,3-7,9-11H2,1-2H3,(H,17,20)/t12-,16-/m0/s1. The van der Waals surface area contributed by atoms with Crippen LogP contribution in [0, 0.1) is 0 Å². The van der Waals surface area contributed by atoms with Crippen LogP contribution in [-0.4, -0.2) is 60.5 Å². The zero-order valence-corrected chi connectivity index (χ0v) is 14.7. The monoisotopic (exact) mass is 339 g/mol. The van der Waals surface area contributed by atoms with Crippen LogP contribution in [0.2, 0.25) is 0 Å². The first-order chi connectivity index (χ1) is 11.1. The fourth-order valence-corrected chi connectivity index (χ4v) is 4.06. The van der Waals surface area contributed by atoms with E-state index in [1.54, 1.807) is 11.3 Å². The maximum absolute atomic E-state index is 12.4. The van der Waals surface area contributed by atoms with Gasteiger partial charge in [0.2, 0.25) is 0 Å². The molecule has 0 radical (unpaired) electrons. The Morgan fingerprint density at radius 3 is 3.17 bits per heavy atom. The molecule has 2 aliphatic heterocycles. The highest BCUT2D eigenvalue weighted by Gasteiger charge is 2.43. The Hall–Kier alpha value is -1.18. The van der Waals surface area contributed by atoms with Crippen molar-refractivity contribution < 1.29 is 14.3 Å². The van der Waals surface area contributed by atoms with Crippen LogP contribution in [0.3, 0.4) is 0 Å². The summed E-state index contributed by atoms with van der Waals surface area (Å²) in [5.41, 5.74) is -0.305. The maximum atomic E-state index is 12.4. The molecule has 0 bridgehead atoms. The summed E-state index contributed by atoms with van der Waals surface area (Å²) in [6.45, 7) is 7.30. The molecule has 2 amide bonds. The lowest BCUT2D eigenvalue weighted by Crippen LogP contribution is -2.59.